The van der Waals surface area contributed by atoms with Crippen LogP contribution in [0.15, 0.2) is 78.9 Å². The predicted octanol–water partition coefficient (Wildman–Crippen LogP) is 4.94. The lowest BCUT2D eigenvalue weighted by Crippen LogP contribution is -2.58. The third-order valence-corrected chi connectivity index (χ3v) is 9.76. The monoisotopic (exact) mass is 585 g/mol. The predicted molar refractivity (Wildman–Crippen MR) is 162 cm³/mol. The van der Waals surface area contributed by atoms with Gasteiger partial charge in [-0.25, -0.2) is 9.59 Å². The van der Waals surface area contributed by atoms with E-state index in [1.807, 2.05) is 42.5 Å². The molecule has 2 saturated heterocycles. The van der Waals surface area contributed by atoms with Gasteiger partial charge in [-0.05, 0) is 40.7 Å². The summed E-state index contributed by atoms with van der Waals surface area (Å²) in [7, 11) is 0. The molecule has 1 atom stereocenters. The SMILES string of the molecule is O=C(NC1(CC(=O)N2CSCC2C(=O)O)CCN(Cc2ccccc2)CC1)OCC1c2ccccc2-c2ccccc21. The number of likely N-dealkylation sites (tertiary alicyclic amines) is 1. The third-order valence-electron chi connectivity index (χ3n) is 8.75. The van der Waals surface area contributed by atoms with Crippen LogP contribution in [0.5, 0.6) is 0 Å². The molecule has 3 aromatic carbocycles. The van der Waals surface area contributed by atoms with E-state index >= 15 is 0 Å². The molecule has 9 heteroatoms. The largest absolute Gasteiger partial charge is 0.480 e. The Bertz CT molecular complexity index is 1410. The van der Waals surface area contributed by atoms with E-state index in [4.69, 9.17) is 4.74 Å². The summed E-state index contributed by atoms with van der Waals surface area (Å²) in [6, 6.07) is 25.8. The maximum absolute atomic E-state index is 13.5. The van der Waals surface area contributed by atoms with Gasteiger partial charge in [-0.1, -0.05) is 78.9 Å². The second kappa shape index (κ2) is 12.2. The summed E-state index contributed by atoms with van der Waals surface area (Å²) in [5, 5.41) is 12.7. The molecule has 1 unspecified atom stereocenters. The van der Waals surface area contributed by atoms with Crippen molar-refractivity contribution >= 4 is 29.7 Å². The highest BCUT2D eigenvalue weighted by atomic mass is 32.2. The van der Waals surface area contributed by atoms with Gasteiger partial charge in [0, 0.05) is 31.3 Å². The zero-order valence-electron chi connectivity index (χ0n) is 23.4. The minimum Gasteiger partial charge on any atom is -0.480 e. The Hall–Kier alpha value is -3.82. The first kappa shape index (κ1) is 28.3. The Kier molecular flexibility index (Phi) is 8.22. The average Bonchev–Trinajstić information content (AvgIpc) is 3.62. The van der Waals surface area contributed by atoms with E-state index < -0.39 is 23.6 Å². The maximum atomic E-state index is 13.5. The third kappa shape index (κ3) is 5.89. The minimum absolute atomic E-state index is 0.0424. The molecule has 0 radical (unpaired) electrons. The van der Waals surface area contributed by atoms with Gasteiger partial charge >= 0.3 is 12.1 Å². The van der Waals surface area contributed by atoms with E-state index in [1.54, 1.807) is 0 Å². The summed E-state index contributed by atoms with van der Waals surface area (Å²) in [6.07, 6.45) is 0.621. The van der Waals surface area contributed by atoms with Crippen molar-refractivity contribution < 1.29 is 24.2 Å². The zero-order valence-corrected chi connectivity index (χ0v) is 24.2. The average molecular weight is 586 g/mol. The Morgan fingerprint density at radius 2 is 1.52 bits per heavy atom. The standard InChI is InChI=1S/C33H35N3O5S/c37-30(36-22-42-21-29(36)31(38)39)18-33(14-16-35(17-15-33)19-23-8-2-1-3-9-23)34-32(40)41-20-28-26-12-6-4-10-24(26)25-11-5-7-13-27(25)28/h1-13,28-29H,14-22H2,(H,34,40)(H,38,39). The summed E-state index contributed by atoms with van der Waals surface area (Å²) in [5.74, 6) is -0.589. The summed E-state index contributed by atoms with van der Waals surface area (Å²) in [5.41, 5.74) is 4.99. The number of nitrogens with zero attached hydrogens (tertiary/aromatic N) is 2. The van der Waals surface area contributed by atoms with Crippen molar-refractivity contribution in [1.29, 1.82) is 0 Å². The number of carboxylic acids is 1. The molecule has 2 heterocycles. The van der Waals surface area contributed by atoms with Crippen LogP contribution in [0, 0.1) is 0 Å². The number of carbonyl (C=O) groups excluding carboxylic acids is 2. The number of carboxylic acid groups (broad SMARTS) is 1. The van der Waals surface area contributed by atoms with Gasteiger partial charge in [-0.2, -0.15) is 0 Å². The number of aliphatic carboxylic acids is 1. The van der Waals surface area contributed by atoms with Crippen molar-refractivity contribution in [3.05, 3.63) is 95.6 Å². The molecule has 8 nitrogen and oxygen atoms in total. The molecular formula is C33H35N3O5S. The number of nitrogens with one attached hydrogen (secondary N) is 1. The number of alkyl carbamates (subject to hydrolysis) is 1. The number of rotatable bonds is 8. The fraction of sp³-hybridized carbons (Fsp3) is 0.364. The first-order valence-corrected chi connectivity index (χ1v) is 15.6. The van der Waals surface area contributed by atoms with Crippen molar-refractivity contribution in [2.45, 2.75) is 43.3 Å². The molecule has 42 heavy (non-hydrogen) atoms. The number of thioether (sulfide) groups is 1. The van der Waals surface area contributed by atoms with Crippen molar-refractivity contribution in [1.82, 2.24) is 15.1 Å². The number of amides is 2. The molecule has 2 fully saturated rings. The van der Waals surface area contributed by atoms with Crippen LogP contribution >= 0.6 is 11.8 Å². The van der Waals surface area contributed by atoms with Crippen LogP contribution in [0.25, 0.3) is 11.1 Å². The Labute approximate surface area is 250 Å². The smallest absolute Gasteiger partial charge is 0.407 e. The number of ether oxygens (including phenoxy) is 1. The minimum atomic E-state index is -0.996. The van der Waals surface area contributed by atoms with Crippen LogP contribution in [0.1, 0.15) is 41.9 Å². The molecule has 0 spiro atoms. The molecular weight excluding hydrogens is 550 g/mol. The molecule has 3 aliphatic rings. The van der Waals surface area contributed by atoms with Gasteiger partial charge in [0.15, 0.2) is 0 Å². The molecule has 6 rings (SSSR count). The van der Waals surface area contributed by atoms with Gasteiger partial charge in [0.2, 0.25) is 5.91 Å². The number of benzene rings is 3. The first-order valence-electron chi connectivity index (χ1n) is 14.4. The van der Waals surface area contributed by atoms with Crippen LogP contribution in [0.2, 0.25) is 0 Å². The zero-order chi connectivity index (χ0) is 29.1. The normalized spacial score (nSPS) is 19.6. The Morgan fingerprint density at radius 3 is 2.17 bits per heavy atom. The van der Waals surface area contributed by atoms with E-state index in [0.29, 0.717) is 37.6 Å². The van der Waals surface area contributed by atoms with Crippen LogP contribution in [-0.2, 0) is 20.9 Å². The van der Waals surface area contributed by atoms with Crippen molar-refractivity contribution in [3.8, 4) is 11.1 Å². The summed E-state index contributed by atoms with van der Waals surface area (Å²) < 4.78 is 5.87. The van der Waals surface area contributed by atoms with Gasteiger partial charge in [-0.15, -0.1) is 11.8 Å². The number of hydrogen-bond donors (Lipinski definition) is 2. The van der Waals surface area contributed by atoms with E-state index in [0.717, 1.165) is 28.8 Å². The summed E-state index contributed by atoms with van der Waals surface area (Å²) >= 11 is 1.44. The van der Waals surface area contributed by atoms with Crippen molar-refractivity contribution in [2.24, 2.45) is 0 Å². The molecule has 0 aromatic heterocycles. The van der Waals surface area contributed by atoms with Crippen molar-refractivity contribution in [3.63, 3.8) is 0 Å². The van der Waals surface area contributed by atoms with Gasteiger partial charge < -0.3 is 20.1 Å². The van der Waals surface area contributed by atoms with Gasteiger partial charge in [-0.3, -0.25) is 9.69 Å². The maximum Gasteiger partial charge on any atom is 0.407 e. The lowest BCUT2D eigenvalue weighted by Gasteiger charge is -2.42. The molecule has 218 valence electrons. The quantitative estimate of drug-likeness (QED) is 0.387. The second-order valence-corrected chi connectivity index (χ2v) is 12.4. The van der Waals surface area contributed by atoms with Gasteiger partial charge in [0.05, 0.1) is 17.8 Å². The topological polar surface area (TPSA) is 99.2 Å². The number of carbonyl (C=O) groups is 3. The Balaban J connectivity index is 1.15. The van der Waals surface area contributed by atoms with E-state index in [9.17, 15) is 19.5 Å². The van der Waals surface area contributed by atoms with E-state index in [1.165, 1.54) is 22.2 Å². The number of piperidine rings is 1. The van der Waals surface area contributed by atoms with Crippen LogP contribution < -0.4 is 5.32 Å². The highest BCUT2D eigenvalue weighted by Crippen LogP contribution is 2.44. The van der Waals surface area contributed by atoms with Crippen LogP contribution in [0.4, 0.5) is 4.79 Å². The Morgan fingerprint density at radius 1 is 0.905 bits per heavy atom. The fourth-order valence-electron chi connectivity index (χ4n) is 6.46. The van der Waals surface area contributed by atoms with Crippen molar-refractivity contribution in [2.75, 3.05) is 31.3 Å². The van der Waals surface area contributed by atoms with Gasteiger partial charge in [0.25, 0.3) is 0 Å². The highest BCUT2D eigenvalue weighted by molar-refractivity contribution is 7.99. The molecule has 2 amide bonds. The molecule has 0 saturated carbocycles. The summed E-state index contributed by atoms with van der Waals surface area (Å²) in [4.78, 5) is 42.4. The van der Waals surface area contributed by atoms with Crippen LogP contribution in [0.3, 0.4) is 0 Å². The van der Waals surface area contributed by atoms with E-state index in [-0.39, 0.29) is 24.9 Å². The molecule has 2 N–H and O–H groups in total. The lowest BCUT2D eigenvalue weighted by atomic mass is 9.83. The molecule has 3 aromatic rings. The first-order chi connectivity index (χ1) is 20.4. The lowest BCUT2D eigenvalue weighted by molar-refractivity contribution is -0.148. The highest BCUT2D eigenvalue weighted by Gasteiger charge is 2.43. The molecule has 1 aliphatic carbocycles. The second-order valence-electron chi connectivity index (χ2n) is 11.4. The number of hydrogen-bond acceptors (Lipinski definition) is 6. The number of fused-ring (bicyclic) bond motifs is 3. The van der Waals surface area contributed by atoms with E-state index in [2.05, 4.69) is 46.6 Å². The van der Waals surface area contributed by atoms with Gasteiger partial charge in [0.1, 0.15) is 12.6 Å². The fourth-order valence-corrected chi connectivity index (χ4v) is 7.63. The summed E-state index contributed by atoms with van der Waals surface area (Å²) in [6.45, 7) is 2.37. The van der Waals surface area contributed by atoms with Crippen LogP contribution in [-0.4, -0.2) is 75.8 Å². The molecule has 0 bridgehead atoms. The molecule has 2 aliphatic heterocycles.